The van der Waals surface area contributed by atoms with Crippen molar-refractivity contribution in [1.82, 2.24) is 9.97 Å². The van der Waals surface area contributed by atoms with E-state index in [1.165, 1.54) is 6.33 Å². The van der Waals surface area contributed by atoms with E-state index in [2.05, 4.69) is 20.6 Å². The van der Waals surface area contributed by atoms with Crippen LogP contribution in [0, 0.1) is 17.0 Å². The number of nitro groups is 1. The highest BCUT2D eigenvalue weighted by atomic mass is 16.6. The molecule has 138 valence electrons. The van der Waals surface area contributed by atoms with Crippen LogP contribution in [0.2, 0.25) is 0 Å². The molecule has 0 amide bonds. The van der Waals surface area contributed by atoms with Crippen LogP contribution < -0.4 is 15.4 Å². The van der Waals surface area contributed by atoms with Gasteiger partial charge in [-0.1, -0.05) is 24.3 Å². The average Bonchev–Trinajstić information content (AvgIpc) is 2.66. The molecule has 8 nitrogen and oxygen atoms in total. The molecule has 1 heterocycles. The van der Waals surface area contributed by atoms with Crippen LogP contribution in [0.25, 0.3) is 0 Å². The molecule has 0 unspecified atom stereocenters. The van der Waals surface area contributed by atoms with Gasteiger partial charge < -0.3 is 15.4 Å². The first kappa shape index (κ1) is 18.1. The fourth-order valence-corrected chi connectivity index (χ4v) is 2.56. The van der Waals surface area contributed by atoms with E-state index in [-0.39, 0.29) is 17.3 Å². The molecule has 27 heavy (non-hydrogen) atoms. The molecule has 3 rings (SSSR count). The number of aromatic nitrogens is 2. The molecule has 0 saturated carbocycles. The number of hydrogen-bond donors (Lipinski definition) is 2. The molecule has 0 saturated heterocycles. The Morgan fingerprint density at radius 3 is 2.52 bits per heavy atom. The SMILES string of the molecule is COc1ccc(CNc2ncnc(Nc3cccc(C)c3)c2[N+](=O)[O-])cc1. The lowest BCUT2D eigenvalue weighted by atomic mass is 10.2. The Morgan fingerprint density at radius 2 is 1.85 bits per heavy atom. The highest BCUT2D eigenvalue weighted by Gasteiger charge is 2.23. The van der Waals surface area contributed by atoms with Gasteiger partial charge in [0.25, 0.3) is 0 Å². The number of methoxy groups -OCH3 is 1. The largest absolute Gasteiger partial charge is 0.497 e. The first-order valence-electron chi connectivity index (χ1n) is 8.26. The molecule has 8 heteroatoms. The Labute approximate surface area is 156 Å². The normalized spacial score (nSPS) is 10.3. The van der Waals surface area contributed by atoms with Crippen LogP contribution in [-0.2, 0) is 6.54 Å². The summed E-state index contributed by atoms with van der Waals surface area (Å²) in [5, 5.41) is 17.6. The zero-order valence-electron chi connectivity index (χ0n) is 15.0. The van der Waals surface area contributed by atoms with Crippen LogP contribution in [0.1, 0.15) is 11.1 Å². The molecule has 0 aliphatic heterocycles. The fraction of sp³-hybridized carbons (Fsp3) is 0.158. The summed E-state index contributed by atoms with van der Waals surface area (Å²) in [5.41, 5.74) is 2.50. The lowest BCUT2D eigenvalue weighted by Gasteiger charge is -2.11. The number of rotatable bonds is 7. The first-order valence-corrected chi connectivity index (χ1v) is 8.26. The van der Waals surface area contributed by atoms with E-state index in [1.807, 2.05) is 55.5 Å². The van der Waals surface area contributed by atoms with Crippen LogP contribution in [0.3, 0.4) is 0 Å². The van der Waals surface area contributed by atoms with Crippen molar-refractivity contribution in [2.24, 2.45) is 0 Å². The van der Waals surface area contributed by atoms with E-state index in [0.717, 1.165) is 22.6 Å². The van der Waals surface area contributed by atoms with Crippen molar-refractivity contribution in [3.63, 3.8) is 0 Å². The van der Waals surface area contributed by atoms with E-state index < -0.39 is 4.92 Å². The van der Waals surface area contributed by atoms with E-state index in [1.54, 1.807) is 7.11 Å². The Hall–Kier alpha value is -3.68. The van der Waals surface area contributed by atoms with Crippen molar-refractivity contribution in [3.05, 3.63) is 76.1 Å². The minimum absolute atomic E-state index is 0.137. The van der Waals surface area contributed by atoms with Gasteiger partial charge in [0, 0.05) is 12.2 Å². The van der Waals surface area contributed by atoms with Gasteiger partial charge in [0.1, 0.15) is 12.1 Å². The van der Waals surface area contributed by atoms with Gasteiger partial charge in [-0.2, -0.15) is 0 Å². The summed E-state index contributed by atoms with van der Waals surface area (Å²) in [4.78, 5) is 19.2. The topological polar surface area (TPSA) is 102 Å². The number of aryl methyl sites for hydroxylation is 1. The average molecular weight is 365 g/mol. The maximum atomic E-state index is 11.6. The van der Waals surface area contributed by atoms with Gasteiger partial charge in [0.05, 0.1) is 12.0 Å². The number of nitrogens with zero attached hydrogens (tertiary/aromatic N) is 3. The van der Waals surface area contributed by atoms with E-state index >= 15 is 0 Å². The van der Waals surface area contributed by atoms with Crippen molar-refractivity contribution in [2.75, 3.05) is 17.7 Å². The number of benzene rings is 2. The van der Waals surface area contributed by atoms with Gasteiger partial charge in [-0.3, -0.25) is 10.1 Å². The maximum absolute atomic E-state index is 11.6. The minimum atomic E-state index is -0.492. The molecule has 0 fully saturated rings. The molecule has 0 spiro atoms. The zero-order chi connectivity index (χ0) is 19.2. The van der Waals surface area contributed by atoms with Crippen molar-refractivity contribution >= 4 is 23.0 Å². The standard InChI is InChI=1S/C19H19N5O3/c1-13-4-3-5-15(10-13)23-19-17(24(25)26)18(21-12-22-19)20-11-14-6-8-16(27-2)9-7-14/h3-10,12H,11H2,1-2H3,(H2,20,21,22,23). The molecular weight excluding hydrogens is 346 g/mol. The van der Waals surface area contributed by atoms with Crippen LogP contribution >= 0.6 is 0 Å². The van der Waals surface area contributed by atoms with Crippen molar-refractivity contribution in [2.45, 2.75) is 13.5 Å². The third-order valence-corrected chi connectivity index (χ3v) is 3.90. The summed E-state index contributed by atoms with van der Waals surface area (Å²) in [7, 11) is 1.60. The van der Waals surface area contributed by atoms with E-state index in [0.29, 0.717) is 6.54 Å². The van der Waals surface area contributed by atoms with Gasteiger partial charge in [0.2, 0.25) is 11.6 Å². The van der Waals surface area contributed by atoms with Gasteiger partial charge in [-0.25, -0.2) is 9.97 Å². The third kappa shape index (κ3) is 4.49. The van der Waals surface area contributed by atoms with Gasteiger partial charge in [-0.15, -0.1) is 0 Å². The van der Waals surface area contributed by atoms with Crippen LogP contribution in [-0.4, -0.2) is 22.0 Å². The summed E-state index contributed by atoms with van der Waals surface area (Å²) >= 11 is 0. The van der Waals surface area contributed by atoms with Gasteiger partial charge in [-0.05, 0) is 42.3 Å². The molecule has 0 atom stereocenters. The number of ether oxygens (including phenoxy) is 1. The maximum Gasteiger partial charge on any atom is 0.353 e. The molecule has 1 aromatic heterocycles. The van der Waals surface area contributed by atoms with Crippen molar-refractivity contribution in [3.8, 4) is 5.75 Å². The van der Waals surface area contributed by atoms with Crippen LogP contribution in [0.15, 0.2) is 54.9 Å². The lowest BCUT2D eigenvalue weighted by molar-refractivity contribution is -0.383. The summed E-state index contributed by atoms with van der Waals surface area (Å²) < 4.78 is 5.12. The highest BCUT2D eigenvalue weighted by Crippen LogP contribution is 2.31. The summed E-state index contributed by atoms with van der Waals surface area (Å²) in [6.07, 6.45) is 1.29. The Kier molecular flexibility index (Phi) is 5.46. The second-order valence-electron chi connectivity index (χ2n) is 5.87. The second kappa shape index (κ2) is 8.13. The monoisotopic (exact) mass is 365 g/mol. The number of anilines is 3. The molecule has 0 aliphatic rings. The smallest absolute Gasteiger partial charge is 0.353 e. The molecule has 0 aliphatic carbocycles. The highest BCUT2D eigenvalue weighted by molar-refractivity contribution is 5.73. The lowest BCUT2D eigenvalue weighted by Crippen LogP contribution is -2.08. The summed E-state index contributed by atoms with van der Waals surface area (Å²) in [5.74, 6) is 1.04. The predicted molar refractivity (Wildman–Crippen MR) is 103 cm³/mol. The second-order valence-corrected chi connectivity index (χ2v) is 5.87. The number of hydrogen-bond acceptors (Lipinski definition) is 7. The summed E-state index contributed by atoms with van der Waals surface area (Å²) in [6.45, 7) is 2.33. The fourth-order valence-electron chi connectivity index (χ4n) is 2.56. The van der Waals surface area contributed by atoms with Crippen LogP contribution in [0.5, 0.6) is 5.75 Å². The van der Waals surface area contributed by atoms with Crippen molar-refractivity contribution in [1.29, 1.82) is 0 Å². The van der Waals surface area contributed by atoms with Gasteiger partial charge in [0.15, 0.2) is 0 Å². The van der Waals surface area contributed by atoms with Crippen LogP contribution in [0.4, 0.5) is 23.0 Å². The molecule has 3 aromatic rings. The summed E-state index contributed by atoms with van der Waals surface area (Å²) in [6, 6.07) is 14.9. The third-order valence-electron chi connectivity index (χ3n) is 3.90. The van der Waals surface area contributed by atoms with Crippen molar-refractivity contribution < 1.29 is 9.66 Å². The molecule has 2 aromatic carbocycles. The molecule has 2 N–H and O–H groups in total. The van der Waals surface area contributed by atoms with E-state index in [4.69, 9.17) is 4.74 Å². The Bertz CT molecular complexity index is 944. The molecular formula is C19H19N5O3. The molecule has 0 radical (unpaired) electrons. The predicted octanol–water partition coefficient (Wildman–Crippen LogP) is 4.06. The zero-order valence-corrected chi connectivity index (χ0v) is 15.0. The first-order chi connectivity index (χ1) is 13.1. The number of nitrogens with one attached hydrogen (secondary N) is 2. The van der Waals surface area contributed by atoms with Gasteiger partial charge >= 0.3 is 5.69 Å². The Balaban J connectivity index is 1.83. The molecule has 0 bridgehead atoms. The minimum Gasteiger partial charge on any atom is -0.497 e. The van der Waals surface area contributed by atoms with E-state index in [9.17, 15) is 10.1 Å². The Morgan fingerprint density at radius 1 is 1.11 bits per heavy atom. The quantitative estimate of drug-likeness (QED) is 0.481.